The molecule has 0 atom stereocenters. The van der Waals surface area contributed by atoms with Gasteiger partial charge in [0.25, 0.3) is 0 Å². The van der Waals surface area contributed by atoms with E-state index in [1.165, 1.54) is 0 Å². The predicted octanol–water partition coefficient (Wildman–Crippen LogP) is 2.47. The van der Waals surface area contributed by atoms with Crippen LogP contribution in [-0.2, 0) is 16.2 Å². The van der Waals surface area contributed by atoms with Gasteiger partial charge < -0.3 is 5.73 Å². The Hall–Kier alpha value is -0.830. The van der Waals surface area contributed by atoms with Crippen LogP contribution in [0.5, 0.6) is 0 Å². The van der Waals surface area contributed by atoms with E-state index in [1.807, 2.05) is 0 Å². The first-order chi connectivity index (χ1) is 9.60. The molecule has 0 radical (unpaired) electrons. The first-order valence-electron chi connectivity index (χ1n) is 6.24. The number of hydrogen-bond acceptors (Lipinski definition) is 3. The molecule has 1 aliphatic heterocycles. The van der Waals surface area contributed by atoms with Crippen molar-refractivity contribution in [2.75, 3.05) is 13.1 Å². The molecule has 1 aliphatic rings. The van der Waals surface area contributed by atoms with Crippen LogP contribution in [0.25, 0.3) is 0 Å². The predicted molar refractivity (Wildman–Crippen MR) is 72.4 cm³/mol. The van der Waals surface area contributed by atoms with E-state index in [9.17, 15) is 21.6 Å². The molecule has 1 heterocycles. The van der Waals surface area contributed by atoms with Gasteiger partial charge in [0.05, 0.1) is 10.5 Å². The number of alkyl halides is 3. The van der Waals surface area contributed by atoms with Gasteiger partial charge in [-0.3, -0.25) is 0 Å². The van der Waals surface area contributed by atoms with Crippen molar-refractivity contribution in [2.24, 2.45) is 5.73 Å². The maximum atomic E-state index is 12.7. The van der Waals surface area contributed by atoms with Gasteiger partial charge in [-0.1, -0.05) is 11.6 Å². The Labute approximate surface area is 125 Å². The Kier molecular flexibility index (Phi) is 4.53. The van der Waals surface area contributed by atoms with Crippen LogP contribution in [0.1, 0.15) is 18.4 Å². The minimum absolute atomic E-state index is 0.0819. The number of nitrogens with two attached hydrogens (primary N) is 1. The molecule has 2 rings (SSSR count). The van der Waals surface area contributed by atoms with Gasteiger partial charge in [-0.05, 0) is 31.0 Å². The third-order valence-corrected chi connectivity index (χ3v) is 5.43. The summed E-state index contributed by atoms with van der Waals surface area (Å²) in [7, 11) is -4.00. The van der Waals surface area contributed by atoms with Crippen molar-refractivity contribution in [3.05, 3.63) is 28.8 Å². The minimum atomic E-state index is -4.65. The molecule has 0 aromatic heterocycles. The van der Waals surface area contributed by atoms with E-state index in [1.54, 1.807) is 0 Å². The van der Waals surface area contributed by atoms with Gasteiger partial charge in [-0.2, -0.15) is 17.5 Å². The van der Waals surface area contributed by atoms with Crippen LogP contribution >= 0.6 is 11.6 Å². The topological polar surface area (TPSA) is 63.4 Å². The van der Waals surface area contributed by atoms with E-state index in [0.717, 1.165) is 10.4 Å². The Morgan fingerprint density at radius 2 is 1.76 bits per heavy atom. The number of rotatable bonds is 2. The molecule has 21 heavy (non-hydrogen) atoms. The van der Waals surface area contributed by atoms with Gasteiger partial charge in [0, 0.05) is 24.2 Å². The quantitative estimate of drug-likeness (QED) is 0.898. The third-order valence-electron chi connectivity index (χ3n) is 3.33. The molecule has 0 amide bonds. The van der Waals surface area contributed by atoms with Gasteiger partial charge in [0.2, 0.25) is 10.0 Å². The largest absolute Gasteiger partial charge is 0.416 e. The van der Waals surface area contributed by atoms with E-state index >= 15 is 0 Å². The summed E-state index contributed by atoms with van der Waals surface area (Å²) in [5.41, 5.74) is 4.61. The van der Waals surface area contributed by atoms with E-state index in [4.69, 9.17) is 17.3 Å². The molecule has 9 heteroatoms. The monoisotopic (exact) mass is 342 g/mol. The number of piperidine rings is 1. The summed E-state index contributed by atoms with van der Waals surface area (Å²) in [6.07, 6.45) is -3.70. The smallest absolute Gasteiger partial charge is 0.328 e. The van der Waals surface area contributed by atoms with Gasteiger partial charge in [-0.15, -0.1) is 0 Å². The molecule has 2 N–H and O–H groups in total. The summed E-state index contributed by atoms with van der Waals surface area (Å²) in [6.45, 7) is 0.384. The van der Waals surface area contributed by atoms with Crippen LogP contribution in [0.4, 0.5) is 13.2 Å². The molecule has 0 aliphatic carbocycles. The molecule has 1 fully saturated rings. The van der Waals surface area contributed by atoms with Crippen molar-refractivity contribution in [1.82, 2.24) is 4.31 Å². The lowest BCUT2D eigenvalue weighted by molar-refractivity contribution is -0.137. The molecule has 1 aromatic carbocycles. The number of hydrogen-bond donors (Lipinski definition) is 1. The standard InChI is InChI=1S/C12H14ClF3N2O2S/c13-9-5-8(12(14,15)16)6-11(7-9)21(19,20)18-3-1-10(17)2-4-18/h5-7,10H,1-4,17H2. The zero-order valence-electron chi connectivity index (χ0n) is 10.9. The highest BCUT2D eigenvalue weighted by molar-refractivity contribution is 7.89. The van der Waals surface area contributed by atoms with Crippen LogP contribution in [0.3, 0.4) is 0 Å². The van der Waals surface area contributed by atoms with Crippen molar-refractivity contribution in [3.63, 3.8) is 0 Å². The fourth-order valence-corrected chi connectivity index (χ4v) is 3.98. The first kappa shape index (κ1) is 16.5. The fourth-order valence-electron chi connectivity index (χ4n) is 2.14. The number of halogens is 4. The molecule has 0 unspecified atom stereocenters. The SMILES string of the molecule is NC1CCN(S(=O)(=O)c2cc(Cl)cc(C(F)(F)F)c2)CC1. The molecule has 0 bridgehead atoms. The fraction of sp³-hybridized carbons (Fsp3) is 0.500. The lowest BCUT2D eigenvalue weighted by Crippen LogP contribution is -2.42. The van der Waals surface area contributed by atoms with E-state index in [-0.39, 0.29) is 24.2 Å². The molecule has 1 aromatic rings. The summed E-state index contributed by atoms with van der Waals surface area (Å²) in [5.74, 6) is 0. The van der Waals surface area contributed by atoms with Crippen molar-refractivity contribution in [3.8, 4) is 0 Å². The summed E-state index contributed by atoms with van der Waals surface area (Å²) in [6, 6.07) is 2.25. The van der Waals surface area contributed by atoms with Gasteiger partial charge >= 0.3 is 6.18 Å². The highest BCUT2D eigenvalue weighted by atomic mass is 35.5. The van der Waals surface area contributed by atoms with Crippen molar-refractivity contribution in [1.29, 1.82) is 0 Å². The zero-order valence-corrected chi connectivity index (χ0v) is 12.5. The Balaban J connectivity index is 2.38. The number of nitrogens with zero attached hydrogens (tertiary/aromatic N) is 1. The third kappa shape index (κ3) is 3.68. The van der Waals surface area contributed by atoms with Crippen molar-refractivity contribution < 1.29 is 21.6 Å². The number of benzene rings is 1. The second-order valence-corrected chi connectivity index (χ2v) is 7.29. The average Bonchev–Trinajstić information content (AvgIpc) is 2.37. The van der Waals surface area contributed by atoms with Crippen LogP contribution in [0.15, 0.2) is 23.1 Å². The highest BCUT2D eigenvalue weighted by Crippen LogP contribution is 2.34. The Bertz CT molecular complexity index is 626. The molecular formula is C12H14ClF3N2O2S. The van der Waals surface area contributed by atoms with Crippen LogP contribution in [0.2, 0.25) is 5.02 Å². The molecule has 0 spiro atoms. The second kappa shape index (κ2) is 5.75. The van der Waals surface area contributed by atoms with Crippen molar-refractivity contribution >= 4 is 21.6 Å². The maximum Gasteiger partial charge on any atom is 0.416 e. The van der Waals surface area contributed by atoms with Crippen molar-refractivity contribution in [2.45, 2.75) is 30.0 Å². The second-order valence-electron chi connectivity index (χ2n) is 4.91. The van der Waals surface area contributed by atoms with E-state index in [2.05, 4.69) is 0 Å². The van der Waals surface area contributed by atoms with E-state index < -0.39 is 26.7 Å². The maximum absolute atomic E-state index is 12.7. The molecular weight excluding hydrogens is 329 g/mol. The van der Waals surface area contributed by atoms with Crippen LogP contribution in [-0.4, -0.2) is 31.9 Å². The van der Waals surface area contributed by atoms with Crippen LogP contribution in [0, 0.1) is 0 Å². The Morgan fingerprint density at radius 1 is 1.19 bits per heavy atom. The Morgan fingerprint density at radius 3 is 2.29 bits per heavy atom. The highest BCUT2D eigenvalue weighted by Gasteiger charge is 2.34. The summed E-state index contributed by atoms with van der Waals surface area (Å²) < 4.78 is 64.1. The lowest BCUT2D eigenvalue weighted by Gasteiger charge is -2.29. The molecule has 0 saturated carbocycles. The van der Waals surface area contributed by atoms with Gasteiger partial charge in [0.1, 0.15) is 0 Å². The summed E-state index contributed by atoms with van der Waals surface area (Å²) >= 11 is 5.62. The minimum Gasteiger partial charge on any atom is -0.328 e. The number of sulfonamides is 1. The lowest BCUT2D eigenvalue weighted by atomic mass is 10.1. The first-order valence-corrected chi connectivity index (χ1v) is 8.06. The van der Waals surface area contributed by atoms with Gasteiger partial charge in [-0.25, -0.2) is 8.42 Å². The molecule has 4 nitrogen and oxygen atoms in total. The molecule has 1 saturated heterocycles. The summed E-state index contributed by atoms with van der Waals surface area (Å²) in [4.78, 5) is -0.446. The normalized spacial score (nSPS) is 18.9. The molecule has 118 valence electrons. The zero-order chi connectivity index (χ0) is 15.8. The summed E-state index contributed by atoms with van der Waals surface area (Å²) in [5, 5.41) is -0.267. The average molecular weight is 343 g/mol. The van der Waals surface area contributed by atoms with E-state index in [0.29, 0.717) is 25.0 Å². The van der Waals surface area contributed by atoms with Crippen LogP contribution < -0.4 is 5.73 Å². The van der Waals surface area contributed by atoms with Gasteiger partial charge in [0.15, 0.2) is 0 Å².